The van der Waals surface area contributed by atoms with Gasteiger partial charge in [-0.15, -0.1) is 10.2 Å². The third-order valence-electron chi connectivity index (χ3n) is 2.19. The first-order valence-electron chi connectivity index (χ1n) is 5.26. The van der Waals surface area contributed by atoms with Gasteiger partial charge in [-0.1, -0.05) is 40.9 Å². The Labute approximate surface area is 127 Å². The van der Waals surface area contributed by atoms with E-state index in [1.807, 2.05) is 6.26 Å². The molecule has 1 aromatic heterocycles. The van der Waals surface area contributed by atoms with Gasteiger partial charge < -0.3 is 5.73 Å². The van der Waals surface area contributed by atoms with Crippen molar-refractivity contribution in [2.24, 2.45) is 5.73 Å². The molecule has 0 amide bonds. The molecule has 1 aromatic carbocycles. The number of hydrogen-bond acceptors (Lipinski definition) is 6. The Bertz CT molecular complexity index is 530. The van der Waals surface area contributed by atoms with E-state index in [2.05, 4.69) is 44.3 Å². The van der Waals surface area contributed by atoms with Crippen molar-refractivity contribution in [2.45, 2.75) is 20.0 Å². The van der Waals surface area contributed by atoms with Gasteiger partial charge in [-0.2, -0.15) is 0 Å². The van der Waals surface area contributed by atoms with E-state index in [1.54, 1.807) is 34.9 Å². The van der Waals surface area contributed by atoms with E-state index < -0.39 is 0 Å². The van der Waals surface area contributed by atoms with Gasteiger partial charge in [0, 0.05) is 9.37 Å². The molecular formula is C11H12BrN3S3. The van der Waals surface area contributed by atoms with Crippen molar-refractivity contribution in [3.8, 4) is 0 Å². The maximum absolute atomic E-state index is 5.55. The molecule has 0 bridgehead atoms. The minimum absolute atomic E-state index is 0.673. The summed E-state index contributed by atoms with van der Waals surface area (Å²) in [6.45, 7) is 0.673. The van der Waals surface area contributed by atoms with Crippen molar-refractivity contribution in [3.05, 3.63) is 28.2 Å². The Morgan fingerprint density at radius 3 is 2.72 bits per heavy atom. The summed E-state index contributed by atoms with van der Waals surface area (Å²) in [6, 6.07) is 6.32. The maximum atomic E-state index is 5.55. The van der Waals surface area contributed by atoms with Gasteiger partial charge in [0.2, 0.25) is 0 Å². The van der Waals surface area contributed by atoms with Crippen molar-refractivity contribution in [2.75, 3.05) is 12.8 Å². The second kappa shape index (κ2) is 6.91. The highest BCUT2D eigenvalue weighted by atomic mass is 79.9. The van der Waals surface area contributed by atoms with Crippen molar-refractivity contribution in [1.82, 2.24) is 10.2 Å². The Hall–Kier alpha value is -0.0800. The average Bonchev–Trinajstić information content (AvgIpc) is 2.81. The van der Waals surface area contributed by atoms with Crippen molar-refractivity contribution in [1.29, 1.82) is 0 Å². The molecule has 2 aromatic rings. The number of nitrogens with zero attached hydrogens (tertiary/aromatic N) is 2. The largest absolute Gasteiger partial charge is 0.330 e. The van der Waals surface area contributed by atoms with Gasteiger partial charge in [-0.05, 0) is 52.8 Å². The number of halogens is 1. The van der Waals surface area contributed by atoms with Gasteiger partial charge in [0.15, 0.2) is 8.68 Å². The monoisotopic (exact) mass is 361 g/mol. The van der Waals surface area contributed by atoms with Crippen LogP contribution in [0.15, 0.2) is 36.2 Å². The molecule has 0 aliphatic heterocycles. The highest BCUT2D eigenvalue weighted by Gasteiger charge is 2.08. The SMILES string of the molecule is CSc1nnc(Sc2ccc(CCN)cc2Br)s1. The lowest BCUT2D eigenvalue weighted by Gasteiger charge is -2.04. The van der Waals surface area contributed by atoms with Crippen molar-refractivity contribution >= 4 is 50.8 Å². The minimum atomic E-state index is 0.673. The standard InChI is InChI=1S/C11H12BrN3S3/c1-16-10-14-15-11(18-10)17-9-3-2-7(4-5-13)6-8(9)12/h2-3,6H,4-5,13H2,1H3. The zero-order valence-corrected chi connectivity index (χ0v) is 13.8. The highest BCUT2D eigenvalue weighted by Crippen LogP contribution is 2.36. The Balaban J connectivity index is 2.13. The molecule has 1 heterocycles. The molecule has 0 fully saturated rings. The van der Waals surface area contributed by atoms with Gasteiger partial charge >= 0.3 is 0 Å². The lowest BCUT2D eigenvalue weighted by atomic mass is 10.2. The van der Waals surface area contributed by atoms with Crippen LogP contribution in [0.5, 0.6) is 0 Å². The minimum Gasteiger partial charge on any atom is -0.330 e. The van der Waals surface area contributed by atoms with E-state index in [0.29, 0.717) is 6.54 Å². The van der Waals surface area contributed by atoms with Gasteiger partial charge in [0.25, 0.3) is 0 Å². The fourth-order valence-electron chi connectivity index (χ4n) is 1.36. The van der Waals surface area contributed by atoms with Crippen LogP contribution in [0.1, 0.15) is 5.56 Å². The van der Waals surface area contributed by atoms with Gasteiger partial charge in [0.05, 0.1) is 0 Å². The topological polar surface area (TPSA) is 51.8 Å². The van der Waals surface area contributed by atoms with E-state index >= 15 is 0 Å². The van der Waals surface area contributed by atoms with Crippen LogP contribution < -0.4 is 5.73 Å². The summed E-state index contributed by atoms with van der Waals surface area (Å²) in [5.74, 6) is 0. The second-order valence-corrected chi connectivity index (χ2v) is 7.62. The lowest BCUT2D eigenvalue weighted by Crippen LogP contribution is -2.02. The smallest absolute Gasteiger partial charge is 0.179 e. The van der Waals surface area contributed by atoms with Crippen molar-refractivity contribution < 1.29 is 0 Å². The normalized spacial score (nSPS) is 10.8. The van der Waals surface area contributed by atoms with Crippen LogP contribution in [-0.4, -0.2) is 23.0 Å². The van der Waals surface area contributed by atoms with E-state index in [0.717, 1.165) is 24.5 Å². The molecule has 18 heavy (non-hydrogen) atoms. The summed E-state index contributed by atoms with van der Waals surface area (Å²) < 4.78 is 3.04. The fourth-order valence-corrected chi connectivity index (χ4v) is 4.43. The van der Waals surface area contributed by atoms with E-state index in [4.69, 9.17) is 5.73 Å². The highest BCUT2D eigenvalue weighted by molar-refractivity contribution is 9.10. The van der Waals surface area contributed by atoms with Gasteiger partial charge in [0.1, 0.15) is 0 Å². The van der Waals surface area contributed by atoms with Crippen LogP contribution >= 0.6 is 50.8 Å². The first kappa shape index (κ1) is 14.3. The predicted molar refractivity (Wildman–Crippen MR) is 82.7 cm³/mol. The number of thioether (sulfide) groups is 1. The molecule has 96 valence electrons. The molecule has 0 aliphatic carbocycles. The molecule has 0 aliphatic rings. The van der Waals surface area contributed by atoms with Gasteiger partial charge in [-0.25, -0.2) is 0 Å². The summed E-state index contributed by atoms with van der Waals surface area (Å²) in [6.07, 6.45) is 2.91. The van der Waals surface area contributed by atoms with Crippen LogP contribution in [0.25, 0.3) is 0 Å². The van der Waals surface area contributed by atoms with E-state index in [9.17, 15) is 0 Å². The van der Waals surface area contributed by atoms with E-state index in [1.165, 1.54) is 5.56 Å². The molecule has 2 rings (SSSR count). The first-order chi connectivity index (χ1) is 8.72. The summed E-state index contributed by atoms with van der Waals surface area (Å²) in [4.78, 5) is 1.15. The molecule has 7 heteroatoms. The molecule has 3 nitrogen and oxygen atoms in total. The third-order valence-corrected chi connectivity index (χ3v) is 6.13. The van der Waals surface area contributed by atoms with Crippen LogP contribution in [0.2, 0.25) is 0 Å². The molecule has 0 saturated heterocycles. The molecular weight excluding hydrogens is 350 g/mol. The Morgan fingerprint density at radius 1 is 1.33 bits per heavy atom. The van der Waals surface area contributed by atoms with Crippen LogP contribution in [0.3, 0.4) is 0 Å². The zero-order valence-electron chi connectivity index (χ0n) is 9.72. The number of aromatic nitrogens is 2. The lowest BCUT2D eigenvalue weighted by molar-refractivity contribution is 0.954. The number of nitrogens with two attached hydrogens (primary N) is 1. The summed E-state index contributed by atoms with van der Waals surface area (Å²) in [5, 5.41) is 8.24. The average molecular weight is 362 g/mol. The predicted octanol–water partition coefficient (Wildman–Crippen LogP) is 3.67. The Morgan fingerprint density at radius 2 is 2.11 bits per heavy atom. The molecule has 0 unspecified atom stereocenters. The molecule has 0 atom stereocenters. The van der Waals surface area contributed by atoms with Crippen molar-refractivity contribution in [3.63, 3.8) is 0 Å². The molecule has 0 spiro atoms. The second-order valence-electron chi connectivity index (χ2n) is 3.44. The Kier molecular flexibility index (Phi) is 5.50. The number of rotatable bonds is 5. The van der Waals surface area contributed by atoms with Crippen LogP contribution in [0, 0.1) is 0 Å². The summed E-state index contributed by atoms with van der Waals surface area (Å²) >= 11 is 8.45. The fraction of sp³-hybridized carbons (Fsp3) is 0.273. The van der Waals surface area contributed by atoms with Gasteiger partial charge in [-0.3, -0.25) is 0 Å². The third kappa shape index (κ3) is 3.71. The zero-order chi connectivity index (χ0) is 13.0. The molecule has 2 N–H and O–H groups in total. The summed E-state index contributed by atoms with van der Waals surface area (Å²) in [7, 11) is 0. The first-order valence-corrected chi connectivity index (χ1v) is 8.92. The van der Waals surface area contributed by atoms with Crippen LogP contribution in [-0.2, 0) is 6.42 Å². The molecule has 0 saturated carbocycles. The number of hydrogen-bond donors (Lipinski definition) is 1. The van der Waals surface area contributed by atoms with E-state index in [-0.39, 0.29) is 0 Å². The quantitative estimate of drug-likeness (QED) is 0.823. The molecule has 0 radical (unpaired) electrons. The maximum Gasteiger partial charge on any atom is 0.179 e. The summed E-state index contributed by atoms with van der Waals surface area (Å²) in [5.41, 5.74) is 6.80. The van der Waals surface area contributed by atoms with Crippen LogP contribution in [0.4, 0.5) is 0 Å². The number of benzene rings is 1.